The second-order valence-corrected chi connectivity index (χ2v) is 2.37. The monoisotopic (exact) mass is 119 g/mol. The predicted octanol–water partition coefficient (Wildman–Crippen LogP) is -0.761. The summed E-state index contributed by atoms with van der Waals surface area (Å²) in [5.74, 6) is 0. The molecule has 0 rings (SSSR count). The maximum Gasteiger partial charge on any atom is 0.147 e. The number of hydrogen-bond acceptors (Lipinski definition) is 2. The number of rotatable bonds is 3. The molecule has 0 aliphatic rings. The first-order chi connectivity index (χ1) is 3.27. The third kappa shape index (κ3) is 6.14. The van der Waals surface area contributed by atoms with E-state index in [2.05, 4.69) is 19.2 Å². The highest BCUT2D eigenvalue weighted by atomic mass is 28.2. The van der Waals surface area contributed by atoms with Gasteiger partial charge in [-0.05, 0) is 13.8 Å². The smallest absolute Gasteiger partial charge is 0.147 e. The van der Waals surface area contributed by atoms with Crippen LogP contribution < -0.4 is 5.32 Å². The van der Waals surface area contributed by atoms with Gasteiger partial charge in [0, 0.05) is 6.04 Å². The van der Waals surface area contributed by atoms with Crippen LogP contribution in [0.15, 0.2) is 0 Å². The van der Waals surface area contributed by atoms with Crippen molar-refractivity contribution in [3.8, 4) is 0 Å². The van der Waals surface area contributed by atoms with Crippen LogP contribution in [0.25, 0.3) is 0 Å². The lowest BCUT2D eigenvalue weighted by Gasteiger charge is -2.04. The van der Waals surface area contributed by atoms with E-state index >= 15 is 0 Å². The van der Waals surface area contributed by atoms with E-state index in [0.717, 1.165) is 10.5 Å². The Bertz CT molecular complexity index is 40.7. The first-order valence-corrected chi connectivity index (χ1v) is 3.31. The topological polar surface area (TPSA) is 21.3 Å². The Hall–Kier alpha value is 0.137. The molecule has 0 aliphatic heterocycles. The Kier molecular flexibility index (Phi) is 4.38. The summed E-state index contributed by atoms with van der Waals surface area (Å²) in [6.07, 6.45) is 0. The molecule has 0 heterocycles. The first-order valence-electron chi connectivity index (χ1n) is 2.49. The van der Waals surface area contributed by atoms with Crippen molar-refractivity contribution >= 4 is 10.5 Å². The summed E-state index contributed by atoms with van der Waals surface area (Å²) in [7, 11) is 0.832. The Labute approximate surface area is 47.8 Å². The fraction of sp³-hybridized carbons (Fsp3) is 1.00. The van der Waals surface area contributed by atoms with Crippen LogP contribution in [-0.4, -0.2) is 23.3 Å². The lowest BCUT2D eigenvalue weighted by molar-refractivity contribution is 0.294. The van der Waals surface area contributed by atoms with Crippen molar-refractivity contribution in [2.24, 2.45) is 0 Å². The van der Waals surface area contributed by atoms with Gasteiger partial charge in [-0.3, -0.25) is 5.32 Å². The molecule has 0 spiro atoms. The maximum atomic E-state index is 4.88. The quantitative estimate of drug-likeness (QED) is 0.389. The second-order valence-electron chi connectivity index (χ2n) is 1.79. The summed E-state index contributed by atoms with van der Waals surface area (Å²) in [6, 6.07) is 0.550. The molecule has 0 aliphatic carbocycles. The molecule has 0 saturated heterocycles. The van der Waals surface area contributed by atoms with E-state index in [0.29, 0.717) is 12.8 Å². The van der Waals surface area contributed by atoms with Crippen LogP contribution in [0, 0.1) is 0 Å². The molecule has 0 amide bonds. The summed E-state index contributed by atoms with van der Waals surface area (Å²) in [5.41, 5.74) is 0. The minimum Gasteiger partial charge on any atom is -0.415 e. The molecular weight excluding hydrogens is 106 g/mol. The van der Waals surface area contributed by atoms with Gasteiger partial charge < -0.3 is 4.43 Å². The van der Waals surface area contributed by atoms with Crippen LogP contribution >= 0.6 is 0 Å². The summed E-state index contributed by atoms with van der Waals surface area (Å²) in [5, 5.41) is 3.11. The highest BCUT2D eigenvalue weighted by Crippen LogP contribution is 1.72. The highest BCUT2D eigenvalue weighted by Gasteiger charge is 1.85. The molecule has 0 saturated carbocycles. The Morgan fingerprint density at radius 3 is 2.43 bits per heavy atom. The third-order valence-corrected chi connectivity index (χ3v) is 0.925. The van der Waals surface area contributed by atoms with E-state index in [9.17, 15) is 0 Å². The average Bonchev–Trinajstić information content (AvgIpc) is 1.61. The van der Waals surface area contributed by atoms with E-state index in [1.54, 1.807) is 0 Å². The van der Waals surface area contributed by atoms with Crippen LogP contribution in [0.3, 0.4) is 0 Å². The van der Waals surface area contributed by atoms with Crippen LogP contribution in [-0.2, 0) is 4.43 Å². The van der Waals surface area contributed by atoms with Crippen molar-refractivity contribution in [2.75, 3.05) is 6.73 Å². The van der Waals surface area contributed by atoms with E-state index in [4.69, 9.17) is 4.43 Å². The molecule has 1 N–H and O–H groups in total. The van der Waals surface area contributed by atoms with E-state index in [-0.39, 0.29) is 0 Å². The van der Waals surface area contributed by atoms with Gasteiger partial charge >= 0.3 is 0 Å². The zero-order valence-electron chi connectivity index (χ0n) is 5.19. The average molecular weight is 119 g/mol. The SMILES string of the molecule is CC(C)NCO[SiH3]. The molecule has 0 aromatic heterocycles. The van der Waals surface area contributed by atoms with Crippen LogP contribution in [0.1, 0.15) is 13.8 Å². The van der Waals surface area contributed by atoms with Gasteiger partial charge in [-0.2, -0.15) is 0 Å². The summed E-state index contributed by atoms with van der Waals surface area (Å²) >= 11 is 0. The molecule has 44 valence electrons. The lowest BCUT2D eigenvalue weighted by atomic mass is 10.4. The van der Waals surface area contributed by atoms with Gasteiger partial charge in [0.15, 0.2) is 0 Å². The molecule has 0 fully saturated rings. The van der Waals surface area contributed by atoms with E-state index in [1.165, 1.54) is 0 Å². The fourth-order valence-electron chi connectivity index (χ4n) is 0.250. The molecule has 7 heavy (non-hydrogen) atoms. The van der Waals surface area contributed by atoms with Gasteiger partial charge in [0.1, 0.15) is 10.5 Å². The minimum absolute atomic E-state index is 0.550. The molecule has 0 radical (unpaired) electrons. The van der Waals surface area contributed by atoms with Crippen LogP contribution in [0.2, 0.25) is 0 Å². The molecule has 0 aromatic rings. The molecule has 0 aromatic carbocycles. The van der Waals surface area contributed by atoms with Gasteiger partial charge in [-0.15, -0.1) is 0 Å². The van der Waals surface area contributed by atoms with Crippen molar-refractivity contribution in [1.82, 2.24) is 5.32 Å². The van der Waals surface area contributed by atoms with Gasteiger partial charge in [0.2, 0.25) is 0 Å². The maximum absolute atomic E-state index is 4.88. The van der Waals surface area contributed by atoms with E-state index in [1.807, 2.05) is 0 Å². The Balaban J connectivity index is 2.68. The molecule has 2 nitrogen and oxygen atoms in total. The van der Waals surface area contributed by atoms with Crippen molar-refractivity contribution in [2.45, 2.75) is 19.9 Å². The van der Waals surface area contributed by atoms with Crippen molar-refractivity contribution in [3.05, 3.63) is 0 Å². The number of hydrogen-bond donors (Lipinski definition) is 1. The van der Waals surface area contributed by atoms with Gasteiger partial charge in [-0.1, -0.05) is 0 Å². The van der Waals surface area contributed by atoms with Crippen molar-refractivity contribution in [3.63, 3.8) is 0 Å². The molecule has 0 bridgehead atoms. The molecule has 0 atom stereocenters. The summed E-state index contributed by atoms with van der Waals surface area (Å²) < 4.78 is 4.88. The van der Waals surface area contributed by atoms with E-state index < -0.39 is 0 Å². The van der Waals surface area contributed by atoms with Gasteiger partial charge in [-0.25, -0.2) is 0 Å². The zero-order chi connectivity index (χ0) is 5.70. The molecular formula is C4H13NOSi. The van der Waals surface area contributed by atoms with Gasteiger partial charge in [0.05, 0.1) is 6.73 Å². The fourth-order valence-corrected chi connectivity index (χ4v) is 0.417. The van der Waals surface area contributed by atoms with Crippen molar-refractivity contribution in [1.29, 1.82) is 0 Å². The lowest BCUT2D eigenvalue weighted by Crippen LogP contribution is -2.24. The highest BCUT2D eigenvalue weighted by molar-refractivity contribution is 5.97. The predicted molar refractivity (Wildman–Crippen MR) is 34.2 cm³/mol. The standard InChI is InChI=1S/C4H13NOSi/c1-4(2)5-3-6-7/h4-5H,3H2,1-2,7H3. The van der Waals surface area contributed by atoms with Crippen molar-refractivity contribution < 1.29 is 4.43 Å². The third-order valence-electron chi connectivity index (χ3n) is 0.636. The van der Waals surface area contributed by atoms with Gasteiger partial charge in [0.25, 0.3) is 0 Å². The normalized spacial score (nSPS) is 10.7. The summed E-state index contributed by atoms with van der Waals surface area (Å²) in [6.45, 7) is 4.91. The minimum atomic E-state index is 0.550. The number of nitrogens with one attached hydrogen (secondary N) is 1. The molecule has 0 unspecified atom stereocenters. The van der Waals surface area contributed by atoms with Crippen LogP contribution in [0.4, 0.5) is 0 Å². The largest absolute Gasteiger partial charge is 0.415 e. The Morgan fingerprint density at radius 1 is 1.71 bits per heavy atom. The second kappa shape index (κ2) is 4.30. The Morgan fingerprint density at radius 2 is 2.29 bits per heavy atom. The zero-order valence-corrected chi connectivity index (χ0v) is 7.19. The van der Waals surface area contributed by atoms with Crippen LogP contribution in [0.5, 0.6) is 0 Å². The summed E-state index contributed by atoms with van der Waals surface area (Å²) in [4.78, 5) is 0. The molecule has 3 heteroatoms. The first kappa shape index (κ1) is 7.14.